The van der Waals surface area contributed by atoms with Gasteiger partial charge in [-0.2, -0.15) is 0 Å². The van der Waals surface area contributed by atoms with E-state index in [2.05, 4.69) is 25.6 Å². The Balaban J connectivity index is 2.03. The zero-order valence-corrected chi connectivity index (χ0v) is 13.7. The summed E-state index contributed by atoms with van der Waals surface area (Å²) in [5, 5.41) is 11.8. The number of thiophene rings is 1. The first kappa shape index (κ1) is 15.1. The van der Waals surface area contributed by atoms with Gasteiger partial charge in [-0.15, -0.1) is 22.7 Å². The summed E-state index contributed by atoms with van der Waals surface area (Å²) in [6, 6.07) is 1.47. The van der Waals surface area contributed by atoms with Crippen LogP contribution in [0, 0.1) is 0 Å². The lowest BCUT2D eigenvalue weighted by Gasteiger charge is -2.04. The highest BCUT2D eigenvalue weighted by Crippen LogP contribution is 2.31. The fraction of sp³-hybridized carbons (Fsp3) is 0.300. The van der Waals surface area contributed by atoms with Crippen LogP contribution in [0.25, 0.3) is 0 Å². The molecule has 0 atom stereocenters. The predicted molar refractivity (Wildman–Crippen MR) is 78.9 cm³/mol. The van der Waals surface area contributed by atoms with E-state index in [9.17, 15) is 8.42 Å². The number of aromatic nitrogens is 1. The molecule has 2 N–H and O–H groups in total. The molecule has 0 aromatic carbocycles. The fourth-order valence-corrected chi connectivity index (χ4v) is 5.60. The van der Waals surface area contributed by atoms with E-state index >= 15 is 0 Å². The van der Waals surface area contributed by atoms with Crippen molar-refractivity contribution in [2.75, 3.05) is 6.54 Å². The van der Waals surface area contributed by atoms with Crippen LogP contribution >= 0.6 is 38.6 Å². The van der Waals surface area contributed by atoms with Gasteiger partial charge < -0.3 is 5.11 Å². The SMILES string of the molecule is O=S(=O)(NCCc1nccs1)c1cc(CO)sc1Br. The highest BCUT2D eigenvalue weighted by molar-refractivity contribution is 9.11. The third-order valence-electron chi connectivity index (χ3n) is 2.27. The molecule has 0 aliphatic carbocycles. The van der Waals surface area contributed by atoms with Crippen molar-refractivity contribution in [3.05, 3.63) is 31.3 Å². The molecule has 0 spiro atoms. The summed E-state index contributed by atoms with van der Waals surface area (Å²) in [5.74, 6) is 0. The lowest BCUT2D eigenvalue weighted by molar-refractivity contribution is 0.285. The molecule has 0 aliphatic rings. The maximum atomic E-state index is 12.1. The number of hydrogen-bond donors (Lipinski definition) is 2. The summed E-state index contributed by atoms with van der Waals surface area (Å²) in [6.45, 7) is 0.129. The fourth-order valence-electron chi connectivity index (χ4n) is 1.41. The van der Waals surface area contributed by atoms with Crippen molar-refractivity contribution in [2.24, 2.45) is 0 Å². The predicted octanol–water partition coefficient (Wildman–Crippen LogP) is 1.98. The minimum absolute atomic E-state index is 0.167. The number of sulfonamides is 1. The Morgan fingerprint density at radius 2 is 2.26 bits per heavy atom. The van der Waals surface area contributed by atoms with E-state index in [1.807, 2.05) is 5.38 Å². The van der Waals surface area contributed by atoms with Crippen LogP contribution in [-0.2, 0) is 23.1 Å². The van der Waals surface area contributed by atoms with Gasteiger partial charge in [-0.1, -0.05) is 0 Å². The van der Waals surface area contributed by atoms with Crippen LogP contribution in [0.1, 0.15) is 9.88 Å². The van der Waals surface area contributed by atoms with Gasteiger partial charge in [0.15, 0.2) is 0 Å². The lowest BCUT2D eigenvalue weighted by atomic mass is 10.5. The summed E-state index contributed by atoms with van der Waals surface area (Å²) in [5.41, 5.74) is 0. The molecule has 0 saturated heterocycles. The molecule has 0 saturated carbocycles. The molecule has 5 nitrogen and oxygen atoms in total. The Kier molecular flexibility index (Phi) is 5.09. The van der Waals surface area contributed by atoms with Gasteiger partial charge in [-0.3, -0.25) is 0 Å². The first-order valence-corrected chi connectivity index (χ1v) is 9.27. The molecular formula is C10H11BrN2O3S3. The summed E-state index contributed by atoms with van der Waals surface area (Å²) in [7, 11) is -3.55. The van der Waals surface area contributed by atoms with Crippen LogP contribution in [0.15, 0.2) is 26.3 Å². The van der Waals surface area contributed by atoms with Crippen molar-refractivity contribution in [1.82, 2.24) is 9.71 Å². The van der Waals surface area contributed by atoms with Gasteiger partial charge in [0.2, 0.25) is 10.0 Å². The summed E-state index contributed by atoms with van der Waals surface area (Å²) < 4.78 is 27.2. The molecule has 2 aromatic rings. The van der Waals surface area contributed by atoms with E-state index in [1.165, 1.54) is 28.7 Å². The molecule has 2 heterocycles. The Hall–Kier alpha value is -0.320. The van der Waals surface area contributed by atoms with Crippen molar-refractivity contribution >= 4 is 48.6 Å². The largest absolute Gasteiger partial charge is 0.391 e. The van der Waals surface area contributed by atoms with Gasteiger partial charge in [0, 0.05) is 29.4 Å². The number of aliphatic hydroxyl groups is 1. The standard InChI is InChI=1S/C10H11BrN2O3S3/c11-10-8(5-7(6-14)18-10)19(15,16)13-2-1-9-12-3-4-17-9/h3-5,13-14H,1-2,6H2. The van der Waals surface area contributed by atoms with Crippen LogP contribution in [0.2, 0.25) is 0 Å². The highest BCUT2D eigenvalue weighted by atomic mass is 79.9. The van der Waals surface area contributed by atoms with Gasteiger partial charge >= 0.3 is 0 Å². The van der Waals surface area contributed by atoms with E-state index in [0.29, 0.717) is 21.6 Å². The van der Waals surface area contributed by atoms with Crippen LogP contribution in [0.4, 0.5) is 0 Å². The van der Waals surface area contributed by atoms with Crippen LogP contribution < -0.4 is 4.72 Å². The second kappa shape index (κ2) is 6.42. The molecule has 2 rings (SSSR count). The first-order chi connectivity index (χ1) is 9.03. The molecular weight excluding hydrogens is 372 g/mol. The van der Waals surface area contributed by atoms with Gasteiger partial charge in [-0.05, 0) is 22.0 Å². The zero-order valence-electron chi connectivity index (χ0n) is 9.67. The van der Waals surface area contributed by atoms with Gasteiger partial charge in [0.25, 0.3) is 0 Å². The number of halogens is 1. The second-order valence-corrected chi connectivity index (χ2v) is 8.75. The Bertz CT molecular complexity index is 637. The molecule has 0 unspecified atom stereocenters. The smallest absolute Gasteiger partial charge is 0.242 e. The second-order valence-electron chi connectivity index (χ2n) is 3.58. The lowest BCUT2D eigenvalue weighted by Crippen LogP contribution is -2.25. The summed E-state index contributed by atoms with van der Waals surface area (Å²) >= 11 is 5.91. The third kappa shape index (κ3) is 3.83. The average molecular weight is 383 g/mol. The molecule has 0 aliphatic heterocycles. The van der Waals surface area contributed by atoms with E-state index in [0.717, 1.165) is 5.01 Å². The minimum atomic E-state index is -3.55. The third-order valence-corrected chi connectivity index (χ3v) is 6.80. The number of thiazole rings is 1. The zero-order chi connectivity index (χ0) is 13.9. The maximum absolute atomic E-state index is 12.1. The number of aliphatic hydroxyl groups excluding tert-OH is 1. The molecule has 0 amide bonds. The minimum Gasteiger partial charge on any atom is -0.391 e. The van der Waals surface area contributed by atoms with Crippen molar-refractivity contribution in [3.63, 3.8) is 0 Å². The number of nitrogens with zero attached hydrogens (tertiary/aromatic N) is 1. The molecule has 9 heteroatoms. The molecule has 104 valence electrons. The van der Waals surface area contributed by atoms with E-state index in [-0.39, 0.29) is 11.5 Å². The molecule has 2 aromatic heterocycles. The van der Waals surface area contributed by atoms with Crippen molar-refractivity contribution in [3.8, 4) is 0 Å². The molecule has 19 heavy (non-hydrogen) atoms. The van der Waals surface area contributed by atoms with Crippen LogP contribution in [0.5, 0.6) is 0 Å². The monoisotopic (exact) mass is 382 g/mol. The van der Waals surface area contributed by atoms with Gasteiger partial charge in [0.05, 0.1) is 15.4 Å². The van der Waals surface area contributed by atoms with E-state index in [4.69, 9.17) is 5.11 Å². The van der Waals surface area contributed by atoms with Gasteiger partial charge in [-0.25, -0.2) is 18.1 Å². The van der Waals surface area contributed by atoms with Gasteiger partial charge in [0.1, 0.15) is 4.90 Å². The van der Waals surface area contributed by atoms with E-state index in [1.54, 1.807) is 6.20 Å². The number of rotatable bonds is 6. The van der Waals surface area contributed by atoms with E-state index < -0.39 is 10.0 Å². The quantitative estimate of drug-likeness (QED) is 0.800. The van der Waals surface area contributed by atoms with Crippen LogP contribution in [0.3, 0.4) is 0 Å². The Labute approximate surface area is 127 Å². The Morgan fingerprint density at radius 1 is 1.47 bits per heavy atom. The molecule has 0 fully saturated rings. The van der Waals surface area contributed by atoms with Crippen molar-refractivity contribution < 1.29 is 13.5 Å². The van der Waals surface area contributed by atoms with Crippen molar-refractivity contribution in [2.45, 2.75) is 17.9 Å². The summed E-state index contributed by atoms with van der Waals surface area (Å²) in [4.78, 5) is 4.86. The highest BCUT2D eigenvalue weighted by Gasteiger charge is 2.20. The number of hydrogen-bond acceptors (Lipinski definition) is 6. The number of nitrogens with one attached hydrogen (secondary N) is 1. The van der Waals surface area contributed by atoms with Crippen LogP contribution in [-0.4, -0.2) is 25.1 Å². The first-order valence-electron chi connectivity index (χ1n) is 5.30. The maximum Gasteiger partial charge on any atom is 0.242 e. The average Bonchev–Trinajstić information content (AvgIpc) is 2.98. The normalized spacial score (nSPS) is 11.9. The molecule has 0 bridgehead atoms. The molecule has 0 radical (unpaired) electrons. The summed E-state index contributed by atoms with van der Waals surface area (Å²) in [6.07, 6.45) is 2.25. The Morgan fingerprint density at radius 3 is 2.84 bits per heavy atom. The topological polar surface area (TPSA) is 79.3 Å². The van der Waals surface area contributed by atoms with Crippen molar-refractivity contribution in [1.29, 1.82) is 0 Å².